The van der Waals surface area contributed by atoms with Crippen LogP contribution in [0.25, 0.3) is 0 Å². The summed E-state index contributed by atoms with van der Waals surface area (Å²) in [6.45, 7) is 1.13. The maximum atomic E-state index is 12.0. The number of likely N-dealkylation sites (tertiary alicyclic amines) is 1. The molecular formula is C13H15ClN2O4. The SMILES string of the molecule is COC1CCN(C(=O)Nc2cc(Cl)cc(C(=O)O)c2)C1. The predicted octanol–water partition coefficient (Wildman–Crippen LogP) is 2.29. The van der Waals surface area contributed by atoms with Gasteiger partial charge in [-0.25, -0.2) is 9.59 Å². The predicted molar refractivity (Wildman–Crippen MR) is 74.4 cm³/mol. The van der Waals surface area contributed by atoms with Crippen molar-refractivity contribution in [2.24, 2.45) is 0 Å². The third kappa shape index (κ3) is 3.40. The molecule has 20 heavy (non-hydrogen) atoms. The van der Waals surface area contributed by atoms with Gasteiger partial charge in [-0.05, 0) is 24.6 Å². The first kappa shape index (κ1) is 14.6. The summed E-state index contributed by atoms with van der Waals surface area (Å²) in [7, 11) is 1.61. The molecule has 1 heterocycles. The van der Waals surface area contributed by atoms with Gasteiger partial charge in [0.2, 0.25) is 0 Å². The summed E-state index contributed by atoms with van der Waals surface area (Å²) in [5.74, 6) is -1.09. The molecule has 0 saturated carbocycles. The fourth-order valence-electron chi connectivity index (χ4n) is 2.09. The number of nitrogens with zero attached hydrogens (tertiary/aromatic N) is 1. The van der Waals surface area contributed by atoms with Crippen molar-refractivity contribution >= 4 is 29.3 Å². The molecule has 0 radical (unpaired) electrons. The molecule has 2 N–H and O–H groups in total. The average Bonchev–Trinajstić information content (AvgIpc) is 2.86. The third-order valence-electron chi connectivity index (χ3n) is 3.16. The molecular weight excluding hydrogens is 284 g/mol. The molecule has 1 aromatic rings. The highest BCUT2D eigenvalue weighted by Crippen LogP contribution is 2.20. The van der Waals surface area contributed by atoms with Crippen LogP contribution < -0.4 is 5.32 Å². The van der Waals surface area contributed by atoms with Crippen molar-refractivity contribution in [2.75, 3.05) is 25.5 Å². The average molecular weight is 299 g/mol. The monoisotopic (exact) mass is 298 g/mol. The van der Waals surface area contributed by atoms with Crippen LogP contribution in [0.4, 0.5) is 10.5 Å². The minimum Gasteiger partial charge on any atom is -0.478 e. The number of carboxylic acids is 1. The van der Waals surface area contributed by atoms with Crippen LogP contribution >= 0.6 is 11.6 Å². The van der Waals surface area contributed by atoms with E-state index in [1.165, 1.54) is 18.2 Å². The number of hydrogen-bond donors (Lipinski definition) is 2. The molecule has 2 amide bonds. The van der Waals surface area contributed by atoms with E-state index in [9.17, 15) is 9.59 Å². The summed E-state index contributed by atoms with van der Waals surface area (Å²) >= 11 is 5.83. The van der Waals surface area contributed by atoms with E-state index in [0.717, 1.165) is 6.42 Å². The topological polar surface area (TPSA) is 78.9 Å². The standard InChI is InChI=1S/C13H15ClN2O4/c1-20-11-2-3-16(7-11)13(19)15-10-5-8(12(17)18)4-9(14)6-10/h4-6,11H,2-3,7H2,1H3,(H,15,19)(H,17,18). The summed E-state index contributed by atoms with van der Waals surface area (Å²) in [5, 5.41) is 11.9. The van der Waals surface area contributed by atoms with Crippen LogP contribution in [0.3, 0.4) is 0 Å². The highest BCUT2D eigenvalue weighted by molar-refractivity contribution is 6.31. The number of carbonyl (C=O) groups is 2. The van der Waals surface area contributed by atoms with E-state index in [4.69, 9.17) is 21.4 Å². The summed E-state index contributed by atoms with van der Waals surface area (Å²) in [4.78, 5) is 24.6. The molecule has 108 valence electrons. The molecule has 7 heteroatoms. The first-order valence-corrected chi connectivity index (χ1v) is 6.50. The number of urea groups is 1. The van der Waals surface area contributed by atoms with E-state index in [2.05, 4.69) is 5.32 Å². The zero-order valence-electron chi connectivity index (χ0n) is 10.9. The van der Waals surface area contributed by atoms with Gasteiger partial charge in [-0.2, -0.15) is 0 Å². The van der Waals surface area contributed by atoms with E-state index in [1.54, 1.807) is 12.0 Å². The molecule has 2 rings (SSSR count). The normalized spacial score (nSPS) is 18.1. The summed E-state index contributed by atoms with van der Waals surface area (Å²) < 4.78 is 5.19. The molecule has 1 aliphatic rings. The molecule has 1 unspecified atom stereocenters. The fourth-order valence-corrected chi connectivity index (χ4v) is 2.33. The Bertz CT molecular complexity index is 535. The van der Waals surface area contributed by atoms with Crippen molar-refractivity contribution in [2.45, 2.75) is 12.5 Å². The van der Waals surface area contributed by atoms with Crippen LogP contribution in [-0.4, -0.2) is 48.3 Å². The van der Waals surface area contributed by atoms with E-state index >= 15 is 0 Å². The number of nitrogens with one attached hydrogen (secondary N) is 1. The molecule has 0 aromatic heterocycles. The lowest BCUT2D eigenvalue weighted by Gasteiger charge is -2.17. The van der Waals surface area contributed by atoms with Crippen molar-refractivity contribution in [3.63, 3.8) is 0 Å². The van der Waals surface area contributed by atoms with Crippen LogP contribution in [0.1, 0.15) is 16.8 Å². The molecule has 1 aromatic carbocycles. The lowest BCUT2D eigenvalue weighted by atomic mass is 10.2. The summed E-state index contributed by atoms with van der Waals surface area (Å²) in [6.07, 6.45) is 0.842. The van der Waals surface area contributed by atoms with Gasteiger partial charge in [0, 0.05) is 30.9 Å². The van der Waals surface area contributed by atoms with Gasteiger partial charge in [0.25, 0.3) is 0 Å². The number of carboxylic acid groups (broad SMARTS) is 1. The van der Waals surface area contributed by atoms with E-state index in [-0.39, 0.29) is 22.7 Å². The smallest absolute Gasteiger partial charge is 0.335 e. The van der Waals surface area contributed by atoms with Crippen molar-refractivity contribution in [1.29, 1.82) is 0 Å². The van der Waals surface area contributed by atoms with Crippen LogP contribution in [0.15, 0.2) is 18.2 Å². The zero-order valence-corrected chi connectivity index (χ0v) is 11.7. The van der Waals surface area contributed by atoms with Crippen LogP contribution in [-0.2, 0) is 4.74 Å². The third-order valence-corrected chi connectivity index (χ3v) is 3.38. The van der Waals surface area contributed by atoms with Gasteiger partial charge >= 0.3 is 12.0 Å². The van der Waals surface area contributed by atoms with Crippen molar-refractivity contribution in [1.82, 2.24) is 4.90 Å². The van der Waals surface area contributed by atoms with Gasteiger partial charge in [0.15, 0.2) is 0 Å². The number of methoxy groups -OCH3 is 1. The second kappa shape index (κ2) is 6.11. The Balaban J connectivity index is 2.06. The Morgan fingerprint density at radius 2 is 2.20 bits per heavy atom. The minimum atomic E-state index is -1.09. The number of rotatable bonds is 3. The molecule has 1 aliphatic heterocycles. The number of aromatic carboxylic acids is 1. The van der Waals surface area contributed by atoms with Gasteiger partial charge in [-0.1, -0.05) is 11.6 Å². The van der Waals surface area contributed by atoms with Gasteiger partial charge in [-0.3, -0.25) is 0 Å². The molecule has 1 fully saturated rings. The number of ether oxygens (including phenoxy) is 1. The highest BCUT2D eigenvalue weighted by Gasteiger charge is 2.26. The lowest BCUT2D eigenvalue weighted by Crippen LogP contribution is -2.33. The van der Waals surface area contributed by atoms with E-state index in [1.807, 2.05) is 0 Å². The number of carbonyl (C=O) groups excluding carboxylic acids is 1. The molecule has 0 aliphatic carbocycles. The fraction of sp³-hybridized carbons (Fsp3) is 0.385. The lowest BCUT2D eigenvalue weighted by molar-refractivity contribution is 0.0697. The Morgan fingerprint density at radius 3 is 2.80 bits per heavy atom. The van der Waals surface area contributed by atoms with Crippen LogP contribution in [0, 0.1) is 0 Å². The Morgan fingerprint density at radius 1 is 1.45 bits per heavy atom. The molecule has 1 saturated heterocycles. The van der Waals surface area contributed by atoms with Crippen molar-refractivity contribution in [3.05, 3.63) is 28.8 Å². The molecule has 0 bridgehead atoms. The van der Waals surface area contributed by atoms with Crippen LogP contribution in [0.5, 0.6) is 0 Å². The Hall–Kier alpha value is -1.79. The summed E-state index contributed by atoms with van der Waals surface area (Å²) in [6, 6.07) is 3.92. The van der Waals surface area contributed by atoms with Gasteiger partial charge in [0.1, 0.15) is 0 Å². The van der Waals surface area contributed by atoms with Gasteiger partial charge < -0.3 is 20.1 Å². The first-order valence-electron chi connectivity index (χ1n) is 6.12. The molecule has 0 spiro atoms. The van der Waals surface area contributed by atoms with Crippen molar-refractivity contribution < 1.29 is 19.4 Å². The van der Waals surface area contributed by atoms with Crippen molar-refractivity contribution in [3.8, 4) is 0 Å². The minimum absolute atomic E-state index is 0.0315. The number of hydrogen-bond acceptors (Lipinski definition) is 3. The van der Waals surface area contributed by atoms with Gasteiger partial charge in [-0.15, -0.1) is 0 Å². The molecule has 1 atom stereocenters. The second-order valence-corrected chi connectivity index (χ2v) is 4.99. The molecule has 6 nitrogen and oxygen atoms in total. The van der Waals surface area contributed by atoms with Gasteiger partial charge in [0.05, 0.1) is 11.7 Å². The quantitative estimate of drug-likeness (QED) is 0.897. The Labute approximate surface area is 121 Å². The highest BCUT2D eigenvalue weighted by atomic mass is 35.5. The maximum Gasteiger partial charge on any atom is 0.335 e. The first-order chi connectivity index (χ1) is 9.49. The number of halogens is 1. The maximum absolute atomic E-state index is 12.0. The summed E-state index contributed by atoms with van der Waals surface area (Å²) in [5.41, 5.74) is 0.393. The second-order valence-electron chi connectivity index (χ2n) is 4.56. The number of anilines is 1. The number of amides is 2. The van der Waals surface area contributed by atoms with E-state index < -0.39 is 5.97 Å². The Kier molecular flexibility index (Phi) is 4.46. The largest absolute Gasteiger partial charge is 0.478 e. The van der Waals surface area contributed by atoms with E-state index in [0.29, 0.717) is 18.8 Å². The number of benzene rings is 1. The van der Waals surface area contributed by atoms with Crippen LogP contribution in [0.2, 0.25) is 5.02 Å². The zero-order chi connectivity index (χ0) is 14.7.